The van der Waals surface area contributed by atoms with E-state index >= 15 is 0 Å². The summed E-state index contributed by atoms with van der Waals surface area (Å²) in [6.07, 6.45) is 0. The summed E-state index contributed by atoms with van der Waals surface area (Å²) in [7, 11) is -3.72. The van der Waals surface area contributed by atoms with Gasteiger partial charge in [0.1, 0.15) is 5.82 Å². The molecule has 0 spiro atoms. The SMILES string of the molecule is CCOC(=O)CN1CCN(S(=O)(=O)c2ccc(F)c(Cl)c2)CC1. The zero-order valence-corrected chi connectivity index (χ0v) is 14.2. The van der Waals surface area contributed by atoms with E-state index in [9.17, 15) is 17.6 Å². The first-order chi connectivity index (χ1) is 10.8. The van der Waals surface area contributed by atoms with Gasteiger partial charge < -0.3 is 4.74 Å². The fourth-order valence-corrected chi connectivity index (χ4v) is 4.00. The average Bonchev–Trinajstić information content (AvgIpc) is 2.50. The highest BCUT2D eigenvalue weighted by Gasteiger charge is 2.29. The molecule has 0 amide bonds. The number of piperazine rings is 1. The van der Waals surface area contributed by atoms with E-state index in [0.29, 0.717) is 19.7 Å². The van der Waals surface area contributed by atoms with Gasteiger partial charge in [0.05, 0.1) is 23.1 Å². The summed E-state index contributed by atoms with van der Waals surface area (Å²) < 4.78 is 44.4. The van der Waals surface area contributed by atoms with Gasteiger partial charge in [0.15, 0.2) is 0 Å². The maximum Gasteiger partial charge on any atom is 0.320 e. The molecule has 6 nitrogen and oxygen atoms in total. The van der Waals surface area contributed by atoms with Crippen LogP contribution in [0, 0.1) is 5.82 Å². The molecule has 0 radical (unpaired) electrons. The minimum Gasteiger partial charge on any atom is -0.465 e. The lowest BCUT2D eigenvalue weighted by Crippen LogP contribution is -2.49. The molecule has 9 heteroatoms. The highest BCUT2D eigenvalue weighted by Crippen LogP contribution is 2.23. The quantitative estimate of drug-likeness (QED) is 0.738. The largest absolute Gasteiger partial charge is 0.465 e. The topological polar surface area (TPSA) is 66.9 Å². The van der Waals surface area contributed by atoms with Crippen molar-refractivity contribution in [1.82, 2.24) is 9.21 Å². The van der Waals surface area contributed by atoms with Crippen LogP contribution < -0.4 is 0 Å². The summed E-state index contributed by atoms with van der Waals surface area (Å²) in [5.74, 6) is -0.987. The van der Waals surface area contributed by atoms with Crippen molar-refractivity contribution in [2.75, 3.05) is 39.3 Å². The first kappa shape index (κ1) is 18.1. The molecule has 1 saturated heterocycles. The highest BCUT2D eigenvalue weighted by molar-refractivity contribution is 7.89. The minimum atomic E-state index is -3.72. The Morgan fingerprint density at radius 3 is 2.52 bits per heavy atom. The number of rotatable bonds is 5. The lowest BCUT2D eigenvalue weighted by Gasteiger charge is -2.33. The predicted molar refractivity (Wildman–Crippen MR) is 83.2 cm³/mol. The molecule has 0 atom stereocenters. The number of halogens is 2. The molecule has 128 valence electrons. The van der Waals surface area contributed by atoms with E-state index in [1.54, 1.807) is 6.92 Å². The first-order valence-electron chi connectivity index (χ1n) is 7.17. The predicted octanol–water partition coefficient (Wildman–Crippen LogP) is 1.35. The first-order valence-corrected chi connectivity index (χ1v) is 8.99. The van der Waals surface area contributed by atoms with E-state index in [-0.39, 0.29) is 35.5 Å². The molecule has 0 unspecified atom stereocenters. The van der Waals surface area contributed by atoms with Gasteiger partial charge in [0.2, 0.25) is 10.0 Å². The Labute approximate surface area is 139 Å². The number of sulfonamides is 1. The molecule has 1 heterocycles. The number of carbonyl (C=O) groups is 1. The average molecular weight is 365 g/mol. The summed E-state index contributed by atoms with van der Waals surface area (Å²) in [5, 5.41) is -0.230. The van der Waals surface area contributed by atoms with Gasteiger partial charge in [-0.15, -0.1) is 0 Å². The second-order valence-electron chi connectivity index (χ2n) is 5.06. The molecular formula is C14H18ClFN2O4S. The van der Waals surface area contributed by atoms with E-state index in [1.165, 1.54) is 10.4 Å². The molecule has 1 aliphatic heterocycles. The van der Waals surface area contributed by atoms with Crippen LogP contribution in [0.3, 0.4) is 0 Å². The number of carbonyl (C=O) groups excluding carboxylic acids is 1. The van der Waals surface area contributed by atoms with Crippen LogP contribution in [0.2, 0.25) is 5.02 Å². The fraction of sp³-hybridized carbons (Fsp3) is 0.500. The summed E-state index contributed by atoms with van der Waals surface area (Å²) >= 11 is 5.65. The number of esters is 1. The molecular weight excluding hydrogens is 347 g/mol. The molecule has 0 aromatic heterocycles. The molecule has 2 rings (SSSR count). The molecule has 1 aliphatic rings. The Bertz CT molecular complexity index is 675. The smallest absolute Gasteiger partial charge is 0.320 e. The maximum absolute atomic E-state index is 13.2. The highest BCUT2D eigenvalue weighted by atomic mass is 35.5. The van der Waals surface area contributed by atoms with Crippen LogP contribution in [-0.2, 0) is 19.6 Å². The Kier molecular flexibility index (Phi) is 5.96. The lowest BCUT2D eigenvalue weighted by atomic mass is 10.3. The van der Waals surface area contributed by atoms with Crippen LogP contribution in [0.4, 0.5) is 4.39 Å². The van der Waals surface area contributed by atoms with Crippen molar-refractivity contribution >= 4 is 27.6 Å². The van der Waals surface area contributed by atoms with Crippen LogP contribution in [0.1, 0.15) is 6.92 Å². The maximum atomic E-state index is 13.2. The zero-order valence-electron chi connectivity index (χ0n) is 12.7. The van der Waals surface area contributed by atoms with Crippen molar-refractivity contribution in [3.05, 3.63) is 29.0 Å². The van der Waals surface area contributed by atoms with Crippen molar-refractivity contribution < 1.29 is 22.3 Å². The van der Waals surface area contributed by atoms with Gasteiger partial charge in [-0.1, -0.05) is 11.6 Å². The molecule has 1 aromatic rings. The van der Waals surface area contributed by atoms with E-state index in [1.807, 2.05) is 4.90 Å². The fourth-order valence-electron chi connectivity index (χ4n) is 2.30. The van der Waals surface area contributed by atoms with Gasteiger partial charge in [-0.05, 0) is 25.1 Å². The second kappa shape index (κ2) is 7.57. The Morgan fingerprint density at radius 2 is 1.96 bits per heavy atom. The molecule has 0 bridgehead atoms. The Morgan fingerprint density at radius 1 is 1.30 bits per heavy atom. The number of ether oxygens (including phenoxy) is 1. The number of nitrogens with zero attached hydrogens (tertiary/aromatic N) is 2. The monoisotopic (exact) mass is 364 g/mol. The van der Waals surface area contributed by atoms with Gasteiger partial charge in [-0.25, -0.2) is 12.8 Å². The summed E-state index contributed by atoms with van der Waals surface area (Å²) in [6.45, 7) is 3.53. The van der Waals surface area contributed by atoms with Crippen LogP contribution in [0.15, 0.2) is 23.1 Å². The van der Waals surface area contributed by atoms with E-state index in [0.717, 1.165) is 12.1 Å². The molecule has 0 aliphatic carbocycles. The molecule has 0 saturated carbocycles. The normalized spacial score (nSPS) is 17.2. The third kappa shape index (κ3) is 4.41. The van der Waals surface area contributed by atoms with Crippen LogP contribution in [0.5, 0.6) is 0 Å². The van der Waals surface area contributed by atoms with Crippen molar-refractivity contribution in [3.63, 3.8) is 0 Å². The Hall–Kier alpha value is -1.22. The third-order valence-corrected chi connectivity index (χ3v) is 5.70. The zero-order chi connectivity index (χ0) is 17.0. The standard InChI is InChI=1S/C14H18ClFN2O4S/c1-2-22-14(19)10-17-5-7-18(8-6-17)23(20,21)11-3-4-13(16)12(15)9-11/h3-4,9H,2,5-8,10H2,1H3. The molecule has 1 fully saturated rings. The summed E-state index contributed by atoms with van der Waals surface area (Å²) in [4.78, 5) is 13.2. The van der Waals surface area contributed by atoms with Crippen LogP contribution in [-0.4, -0.2) is 62.9 Å². The lowest BCUT2D eigenvalue weighted by molar-refractivity contribution is -0.144. The summed E-state index contributed by atoms with van der Waals surface area (Å²) in [5.41, 5.74) is 0. The summed E-state index contributed by atoms with van der Waals surface area (Å²) in [6, 6.07) is 3.34. The van der Waals surface area contributed by atoms with Crippen molar-refractivity contribution in [1.29, 1.82) is 0 Å². The van der Waals surface area contributed by atoms with E-state index < -0.39 is 15.8 Å². The van der Waals surface area contributed by atoms with Crippen molar-refractivity contribution in [2.24, 2.45) is 0 Å². The Balaban J connectivity index is 2.01. The van der Waals surface area contributed by atoms with Gasteiger partial charge in [0, 0.05) is 26.2 Å². The number of hydrogen-bond donors (Lipinski definition) is 0. The molecule has 1 aromatic carbocycles. The minimum absolute atomic E-state index is 0.0391. The van der Waals surface area contributed by atoms with Crippen LogP contribution >= 0.6 is 11.6 Å². The van der Waals surface area contributed by atoms with Crippen LogP contribution in [0.25, 0.3) is 0 Å². The molecule has 0 N–H and O–H groups in total. The number of hydrogen-bond acceptors (Lipinski definition) is 5. The number of benzene rings is 1. The van der Waals surface area contributed by atoms with Crippen molar-refractivity contribution in [3.8, 4) is 0 Å². The van der Waals surface area contributed by atoms with Crippen molar-refractivity contribution in [2.45, 2.75) is 11.8 Å². The second-order valence-corrected chi connectivity index (χ2v) is 7.41. The molecule has 23 heavy (non-hydrogen) atoms. The third-order valence-electron chi connectivity index (χ3n) is 3.52. The van der Waals surface area contributed by atoms with E-state index in [2.05, 4.69) is 0 Å². The van der Waals surface area contributed by atoms with Gasteiger partial charge in [-0.3, -0.25) is 9.69 Å². The van der Waals surface area contributed by atoms with E-state index in [4.69, 9.17) is 16.3 Å². The van der Waals surface area contributed by atoms with Gasteiger partial charge >= 0.3 is 5.97 Å². The van der Waals surface area contributed by atoms with Gasteiger partial charge in [-0.2, -0.15) is 4.31 Å². The van der Waals surface area contributed by atoms with Gasteiger partial charge in [0.25, 0.3) is 0 Å².